The van der Waals surface area contributed by atoms with Crippen LogP contribution in [0.15, 0.2) is 70.1 Å². The topological polar surface area (TPSA) is 0 Å². The fourth-order valence-electron chi connectivity index (χ4n) is 1.58. The number of rotatable bonds is 6. The first-order chi connectivity index (χ1) is 9.38. The molecule has 98 valence electrons. The van der Waals surface area contributed by atoms with Crippen LogP contribution in [0.4, 0.5) is 0 Å². The predicted octanol–water partition coefficient (Wildman–Crippen LogP) is 2.69. The van der Waals surface area contributed by atoms with E-state index >= 15 is 0 Å². The van der Waals surface area contributed by atoms with E-state index in [4.69, 9.17) is 0 Å². The Hall–Kier alpha value is -0.781. The molecular weight excluding hydrogens is 362 g/mol. The fraction of sp³-hybridized carbons (Fsp3) is 0.176. The van der Waals surface area contributed by atoms with Crippen LogP contribution in [-0.2, 0) is 0 Å². The first-order valence-electron chi connectivity index (χ1n) is 6.54. The van der Waals surface area contributed by atoms with Crippen molar-refractivity contribution < 1.29 is 0 Å². The molecule has 0 saturated carbocycles. The number of benzene rings is 2. The zero-order valence-electron chi connectivity index (χ0n) is 11.1. The summed E-state index contributed by atoms with van der Waals surface area (Å²) in [6.45, 7) is 2.25. The van der Waals surface area contributed by atoms with Crippen LogP contribution in [0.1, 0.15) is 19.8 Å². The first-order valence-corrected chi connectivity index (χ1v) is 9.97. The van der Waals surface area contributed by atoms with Gasteiger partial charge in [-0.25, -0.2) is 0 Å². The van der Waals surface area contributed by atoms with Crippen LogP contribution in [0.2, 0.25) is 0 Å². The third kappa shape index (κ3) is 5.38. The standard InChI is InChI=1S/C17H18Se2/c1-2-3-14-17(18-15-10-6-4-7-11-15)19-16-12-8-5-9-13-16/h4-14H,2-3H2,1H3. The quantitative estimate of drug-likeness (QED) is 0.677. The van der Waals surface area contributed by atoms with Crippen LogP contribution in [-0.4, -0.2) is 29.9 Å². The molecule has 0 bridgehead atoms. The Bertz CT molecular complexity index is 460. The van der Waals surface area contributed by atoms with Crippen LogP contribution in [0, 0.1) is 0 Å². The summed E-state index contributed by atoms with van der Waals surface area (Å²) < 4.78 is 4.62. The first kappa shape index (κ1) is 14.6. The van der Waals surface area contributed by atoms with Gasteiger partial charge in [0, 0.05) is 0 Å². The van der Waals surface area contributed by atoms with Crippen molar-refractivity contribution >= 4 is 38.8 Å². The van der Waals surface area contributed by atoms with E-state index in [-0.39, 0.29) is 0 Å². The number of unbranched alkanes of at least 4 members (excludes halogenated alkanes) is 1. The van der Waals surface area contributed by atoms with Gasteiger partial charge in [0.1, 0.15) is 0 Å². The van der Waals surface area contributed by atoms with Crippen LogP contribution >= 0.6 is 0 Å². The van der Waals surface area contributed by atoms with Gasteiger partial charge >= 0.3 is 129 Å². The van der Waals surface area contributed by atoms with Crippen molar-refractivity contribution in [2.24, 2.45) is 0 Å². The van der Waals surface area contributed by atoms with E-state index in [9.17, 15) is 0 Å². The van der Waals surface area contributed by atoms with Crippen molar-refractivity contribution in [1.29, 1.82) is 0 Å². The molecule has 19 heavy (non-hydrogen) atoms. The van der Waals surface area contributed by atoms with Gasteiger partial charge in [0.2, 0.25) is 0 Å². The molecule has 0 radical (unpaired) electrons. The molecule has 2 heteroatoms. The third-order valence-corrected chi connectivity index (χ3v) is 8.01. The average molecular weight is 380 g/mol. The van der Waals surface area contributed by atoms with Crippen LogP contribution in [0.5, 0.6) is 0 Å². The number of hydrogen-bond donors (Lipinski definition) is 0. The Labute approximate surface area is 128 Å². The summed E-state index contributed by atoms with van der Waals surface area (Å²) in [6.07, 6.45) is 4.91. The molecule has 2 rings (SSSR count). The van der Waals surface area contributed by atoms with Gasteiger partial charge in [0.15, 0.2) is 0 Å². The van der Waals surface area contributed by atoms with E-state index in [1.54, 1.807) is 3.37 Å². The van der Waals surface area contributed by atoms with Gasteiger partial charge in [-0.2, -0.15) is 0 Å². The molecule has 0 heterocycles. The molecule has 2 aromatic rings. The second kappa shape index (κ2) is 8.40. The van der Waals surface area contributed by atoms with Crippen LogP contribution < -0.4 is 8.92 Å². The molecule has 0 aromatic heterocycles. The summed E-state index contributed by atoms with van der Waals surface area (Å²) in [5.41, 5.74) is 0. The molecule has 0 aliphatic rings. The minimum atomic E-state index is 0.478. The summed E-state index contributed by atoms with van der Waals surface area (Å²) in [5, 5.41) is 0. The van der Waals surface area contributed by atoms with E-state index < -0.39 is 0 Å². The number of allylic oxidation sites excluding steroid dienone is 1. The molecule has 0 spiro atoms. The maximum atomic E-state index is 2.47. The summed E-state index contributed by atoms with van der Waals surface area (Å²) in [7, 11) is 0. The molecule has 0 amide bonds. The maximum absolute atomic E-state index is 2.47. The van der Waals surface area contributed by atoms with E-state index in [1.807, 2.05) is 0 Å². The van der Waals surface area contributed by atoms with Gasteiger partial charge in [0.05, 0.1) is 0 Å². The van der Waals surface area contributed by atoms with E-state index in [2.05, 4.69) is 73.7 Å². The predicted molar refractivity (Wildman–Crippen MR) is 86.7 cm³/mol. The Morgan fingerprint density at radius 3 is 1.74 bits per heavy atom. The molecule has 2 aromatic carbocycles. The Kier molecular flexibility index (Phi) is 6.47. The summed E-state index contributed by atoms with van der Waals surface area (Å²) in [6, 6.07) is 21.8. The molecule has 0 atom stereocenters. The third-order valence-electron chi connectivity index (χ3n) is 2.52. The summed E-state index contributed by atoms with van der Waals surface area (Å²) in [4.78, 5) is 0. The van der Waals surface area contributed by atoms with Crippen molar-refractivity contribution in [2.75, 3.05) is 0 Å². The van der Waals surface area contributed by atoms with Gasteiger partial charge in [-0.1, -0.05) is 0 Å². The molecule has 0 fully saturated rings. The summed E-state index contributed by atoms with van der Waals surface area (Å²) in [5.74, 6) is 0. The monoisotopic (exact) mass is 382 g/mol. The van der Waals surface area contributed by atoms with Gasteiger partial charge in [0.25, 0.3) is 0 Å². The van der Waals surface area contributed by atoms with Gasteiger partial charge in [-0.15, -0.1) is 0 Å². The Balaban J connectivity index is 2.08. The van der Waals surface area contributed by atoms with Crippen molar-refractivity contribution in [3.63, 3.8) is 0 Å². The molecule has 0 saturated heterocycles. The molecule has 0 nitrogen and oxygen atoms in total. The zero-order chi connectivity index (χ0) is 13.3. The fourth-order valence-corrected chi connectivity index (χ4v) is 7.26. The molecule has 0 unspecified atom stereocenters. The summed E-state index contributed by atoms with van der Waals surface area (Å²) >= 11 is 0.957. The van der Waals surface area contributed by atoms with E-state index in [0.29, 0.717) is 29.9 Å². The zero-order valence-corrected chi connectivity index (χ0v) is 14.5. The van der Waals surface area contributed by atoms with E-state index in [1.165, 1.54) is 21.8 Å². The Morgan fingerprint density at radius 1 is 0.842 bits per heavy atom. The SMILES string of the molecule is CCCC=C([Se]c1ccccc1)[Se]c1ccccc1. The van der Waals surface area contributed by atoms with Crippen LogP contribution in [0.25, 0.3) is 0 Å². The minimum absolute atomic E-state index is 0.478. The van der Waals surface area contributed by atoms with Gasteiger partial charge in [-0.05, 0) is 0 Å². The second-order valence-corrected chi connectivity index (χ2v) is 10.1. The van der Waals surface area contributed by atoms with Gasteiger partial charge < -0.3 is 0 Å². The average Bonchev–Trinajstić information content (AvgIpc) is 2.47. The normalized spacial score (nSPS) is 10.2. The van der Waals surface area contributed by atoms with Crippen LogP contribution in [0.3, 0.4) is 0 Å². The molecular formula is C17H18Se2. The van der Waals surface area contributed by atoms with Crippen molar-refractivity contribution in [3.8, 4) is 0 Å². The number of hydrogen-bond acceptors (Lipinski definition) is 0. The van der Waals surface area contributed by atoms with Crippen molar-refractivity contribution in [1.82, 2.24) is 0 Å². The molecule has 0 aliphatic heterocycles. The molecule has 0 N–H and O–H groups in total. The van der Waals surface area contributed by atoms with Gasteiger partial charge in [-0.3, -0.25) is 0 Å². The van der Waals surface area contributed by atoms with Crippen molar-refractivity contribution in [2.45, 2.75) is 19.8 Å². The molecule has 0 aliphatic carbocycles. The van der Waals surface area contributed by atoms with E-state index in [0.717, 1.165) is 0 Å². The second-order valence-electron chi connectivity index (χ2n) is 4.14. The van der Waals surface area contributed by atoms with Crippen molar-refractivity contribution in [3.05, 3.63) is 70.1 Å². The Morgan fingerprint density at radius 2 is 1.32 bits per heavy atom.